The molecular weight excluding hydrogens is 236 g/mol. The predicted octanol–water partition coefficient (Wildman–Crippen LogP) is 0.568. The van der Waals surface area contributed by atoms with Crippen LogP contribution in [0.15, 0.2) is 29.1 Å². The lowest BCUT2D eigenvalue weighted by Gasteiger charge is -2.14. The average molecular weight is 246 g/mol. The molecule has 7 heteroatoms. The molecule has 1 aromatic carbocycles. The van der Waals surface area contributed by atoms with Gasteiger partial charge in [0.15, 0.2) is 5.82 Å². The molecule has 2 aromatic rings. The van der Waals surface area contributed by atoms with Gasteiger partial charge in [0.25, 0.3) is 0 Å². The molecule has 2 heterocycles. The third kappa shape index (κ3) is 1.48. The number of amides is 1. The number of hydrogen-bond acceptors (Lipinski definition) is 4. The second kappa shape index (κ2) is 3.73. The first kappa shape index (κ1) is 10.6. The van der Waals surface area contributed by atoms with Gasteiger partial charge in [0.1, 0.15) is 5.75 Å². The summed E-state index contributed by atoms with van der Waals surface area (Å²) in [6.45, 7) is 0.282. The number of aromatic amines is 1. The van der Waals surface area contributed by atoms with E-state index in [2.05, 4.69) is 10.1 Å². The van der Waals surface area contributed by atoms with E-state index in [-0.39, 0.29) is 12.6 Å². The van der Waals surface area contributed by atoms with Crippen molar-refractivity contribution in [1.29, 1.82) is 0 Å². The zero-order valence-corrected chi connectivity index (χ0v) is 9.58. The minimum atomic E-state index is -0.507. The molecule has 0 atom stereocenters. The highest BCUT2D eigenvalue weighted by Gasteiger charge is 2.30. The van der Waals surface area contributed by atoms with Crippen LogP contribution in [0.2, 0.25) is 0 Å². The number of benzene rings is 1. The number of fused-ring (bicyclic) bond motifs is 1. The first-order valence-electron chi connectivity index (χ1n) is 5.33. The van der Waals surface area contributed by atoms with Crippen LogP contribution < -0.4 is 15.3 Å². The van der Waals surface area contributed by atoms with Crippen LogP contribution in [0.3, 0.4) is 0 Å². The van der Waals surface area contributed by atoms with E-state index in [4.69, 9.17) is 4.74 Å². The quantitative estimate of drug-likeness (QED) is 0.840. The minimum absolute atomic E-state index is 0.282. The smallest absolute Gasteiger partial charge is 0.362 e. The van der Waals surface area contributed by atoms with E-state index in [0.717, 1.165) is 16.1 Å². The van der Waals surface area contributed by atoms with Crippen molar-refractivity contribution in [3.8, 4) is 5.75 Å². The molecule has 3 rings (SSSR count). The van der Waals surface area contributed by atoms with Gasteiger partial charge in [-0.15, -0.1) is 0 Å². The fraction of sp³-hybridized carbons (Fsp3) is 0.182. The number of aromatic nitrogens is 3. The summed E-state index contributed by atoms with van der Waals surface area (Å²) < 4.78 is 6.21. The van der Waals surface area contributed by atoms with Crippen molar-refractivity contribution in [3.05, 3.63) is 40.6 Å². The predicted molar refractivity (Wildman–Crippen MR) is 62.8 cm³/mol. The van der Waals surface area contributed by atoms with Crippen LogP contribution in [0, 0.1) is 0 Å². The molecule has 0 saturated heterocycles. The molecule has 1 N–H and O–H groups in total. The Labute approximate surface area is 102 Å². The standard InChI is InChI=1S/C11H10N4O3/c1-18-8-4-2-7(3-5-8)14-6-9-12-10(16)13-15(9)11(14)17/h2-5H,6H2,1H3,(H,13,16). The zero-order valence-electron chi connectivity index (χ0n) is 9.58. The maximum atomic E-state index is 12.0. The summed E-state index contributed by atoms with van der Waals surface area (Å²) in [7, 11) is 1.58. The molecule has 92 valence electrons. The van der Waals surface area contributed by atoms with Crippen LogP contribution in [0.1, 0.15) is 5.82 Å². The van der Waals surface area contributed by atoms with E-state index < -0.39 is 5.69 Å². The largest absolute Gasteiger partial charge is 0.497 e. The zero-order chi connectivity index (χ0) is 12.7. The fourth-order valence-electron chi connectivity index (χ4n) is 1.91. The second-order valence-electron chi connectivity index (χ2n) is 3.85. The molecule has 1 amide bonds. The monoisotopic (exact) mass is 246 g/mol. The van der Waals surface area contributed by atoms with Crippen LogP contribution in [0.4, 0.5) is 10.5 Å². The Hall–Kier alpha value is -2.57. The van der Waals surface area contributed by atoms with Crippen LogP contribution in [-0.2, 0) is 6.54 Å². The van der Waals surface area contributed by atoms with Crippen LogP contribution >= 0.6 is 0 Å². The van der Waals surface area contributed by atoms with Gasteiger partial charge in [0.2, 0.25) is 0 Å². The van der Waals surface area contributed by atoms with Crippen molar-refractivity contribution in [3.63, 3.8) is 0 Å². The third-order valence-electron chi connectivity index (χ3n) is 2.80. The van der Waals surface area contributed by atoms with Gasteiger partial charge in [-0.2, -0.15) is 9.67 Å². The normalized spacial score (nSPS) is 13.8. The SMILES string of the molecule is COc1ccc(N2Cc3nc(=O)[nH]n3C2=O)cc1. The van der Waals surface area contributed by atoms with Crippen molar-refractivity contribution < 1.29 is 9.53 Å². The topological polar surface area (TPSA) is 80.2 Å². The van der Waals surface area contributed by atoms with Gasteiger partial charge >= 0.3 is 11.7 Å². The Balaban J connectivity index is 1.93. The molecule has 0 saturated carbocycles. The highest BCUT2D eigenvalue weighted by Crippen LogP contribution is 2.24. The number of nitrogens with zero attached hydrogens (tertiary/aromatic N) is 3. The Morgan fingerprint density at radius 2 is 2.00 bits per heavy atom. The highest BCUT2D eigenvalue weighted by atomic mass is 16.5. The van der Waals surface area contributed by atoms with E-state index in [1.54, 1.807) is 31.4 Å². The van der Waals surface area contributed by atoms with Gasteiger partial charge in [-0.1, -0.05) is 0 Å². The average Bonchev–Trinajstić information content (AvgIpc) is 2.88. The Morgan fingerprint density at radius 3 is 2.61 bits per heavy atom. The van der Waals surface area contributed by atoms with Gasteiger partial charge in [-0.3, -0.25) is 4.90 Å². The Bertz CT molecular complexity index is 656. The molecule has 0 fully saturated rings. The van der Waals surface area contributed by atoms with Crippen LogP contribution in [-0.4, -0.2) is 27.9 Å². The summed E-state index contributed by atoms with van der Waals surface area (Å²) >= 11 is 0. The molecule has 7 nitrogen and oxygen atoms in total. The van der Waals surface area contributed by atoms with Crippen molar-refractivity contribution in [2.24, 2.45) is 0 Å². The highest BCUT2D eigenvalue weighted by molar-refractivity contribution is 5.95. The van der Waals surface area contributed by atoms with E-state index in [1.807, 2.05) is 0 Å². The summed E-state index contributed by atoms with van der Waals surface area (Å²) in [5, 5.41) is 2.36. The Morgan fingerprint density at radius 1 is 1.28 bits per heavy atom. The van der Waals surface area contributed by atoms with Crippen molar-refractivity contribution in [2.45, 2.75) is 6.54 Å². The molecule has 0 bridgehead atoms. The van der Waals surface area contributed by atoms with Gasteiger partial charge < -0.3 is 4.74 Å². The van der Waals surface area contributed by atoms with E-state index in [0.29, 0.717) is 5.82 Å². The van der Waals surface area contributed by atoms with Crippen molar-refractivity contribution in [2.75, 3.05) is 12.0 Å². The van der Waals surface area contributed by atoms with Gasteiger partial charge in [-0.25, -0.2) is 14.7 Å². The number of carbonyl (C=O) groups is 1. The summed E-state index contributed by atoms with van der Waals surface area (Å²) in [6, 6.07) is 6.78. The maximum Gasteiger partial charge on any atom is 0.362 e. The molecule has 1 aliphatic heterocycles. The molecule has 1 aliphatic rings. The van der Waals surface area contributed by atoms with Gasteiger partial charge in [0.05, 0.1) is 13.7 Å². The first-order valence-corrected chi connectivity index (χ1v) is 5.33. The number of hydrogen-bond donors (Lipinski definition) is 1. The van der Waals surface area contributed by atoms with E-state index in [9.17, 15) is 9.59 Å². The van der Waals surface area contributed by atoms with Crippen LogP contribution in [0.25, 0.3) is 0 Å². The molecule has 0 unspecified atom stereocenters. The first-order chi connectivity index (χ1) is 8.69. The third-order valence-corrected chi connectivity index (χ3v) is 2.80. The lowest BCUT2D eigenvalue weighted by atomic mass is 10.3. The summed E-state index contributed by atoms with van der Waals surface area (Å²) in [4.78, 5) is 28.3. The number of rotatable bonds is 2. The second-order valence-corrected chi connectivity index (χ2v) is 3.85. The fourth-order valence-corrected chi connectivity index (χ4v) is 1.91. The summed E-state index contributed by atoms with van der Waals surface area (Å²) in [5.74, 6) is 1.14. The molecular formula is C11H10N4O3. The van der Waals surface area contributed by atoms with Crippen molar-refractivity contribution in [1.82, 2.24) is 14.8 Å². The van der Waals surface area contributed by atoms with Crippen molar-refractivity contribution >= 4 is 11.7 Å². The summed E-state index contributed by atoms with van der Waals surface area (Å²) in [5.41, 5.74) is 0.222. The Kier molecular flexibility index (Phi) is 2.19. The number of anilines is 1. The van der Waals surface area contributed by atoms with Gasteiger partial charge in [-0.05, 0) is 24.3 Å². The van der Waals surface area contributed by atoms with Gasteiger partial charge in [0, 0.05) is 5.69 Å². The molecule has 18 heavy (non-hydrogen) atoms. The molecule has 0 radical (unpaired) electrons. The number of carbonyl (C=O) groups excluding carboxylic acids is 1. The molecule has 0 aliphatic carbocycles. The number of ether oxygens (including phenoxy) is 1. The maximum absolute atomic E-state index is 12.0. The minimum Gasteiger partial charge on any atom is -0.497 e. The lowest BCUT2D eigenvalue weighted by molar-refractivity contribution is 0.248. The van der Waals surface area contributed by atoms with E-state index >= 15 is 0 Å². The molecule has 1 aromatic heterocycles. The lowest BCUT2D eigenvalue weighted by Crippen LogP contribution is -2.28. The number of H-pyrrole nitrogens is 1. The number of nitrogens with one attached hydrogen (secondary N) is 1. The molecule has 0 spiro atoms. The summed E-state index contributed by atoms with van der Waals surface area (Å²) in [6.07, 6.45) is 0. The van der Waals surface area contributed by atoms with Crippen LogP contribution in [0.5, 0.6) is 5.75 Å². The number of methoxy groups -OCH3 is 1. The van der Waals surface area contributed by atoms with E-state index in [1.165, 1.54) is 4.90 Å².